The van der Waals surface area contributed by atoms with Crippen LogP contribution in [0.5, 0.6) is 0 Å². The second-order valence-electron chi connectivity index (χ2n) is 10.1. The third kappa shape index (κ3) is 7.17. The number of rotatable bonds is 12. The van der Waals surface area contributed by atoms with E-state index >= 15 is 0 Å². The van der Waals surface area contributed by atoms with Gasteiger partial charge in [-0.2, -0.15) is 0 Å². The lowest BCUT2D eigenvalue weighted by atomic mass is 9.91. The Kier molecular flexibility index (Phi) is 9.40. The maximum absolute atomic E-state index is 13.8. The van der Waals surface area contributed by atoms with Crippen molar-refractivity contribution in [2.24, 2.45) is 5.41 Å². The van der Waals surface area contributed by atoms with E-state index in [0.717, 1.165) is 13.0 Å². The molecule has 0 bridgehead atoms. The number of halogens is 1. The van der Waals surface area contributed by atoms with Gasteiger partial charge in [-0.15, -0.1) is 0 Å². The first-order valence-electron chi connectivity index (χ1n) is 13.0. The average Bonchev–Trinajstić information content (AvgIpc) is 3.37. The number of carboxylic acids is 1. The molecule has 1 aliphatic heterocycles. The topological polar surface area (TPSA) is 144 Å². The standard InChI is InChI=1S/C27H34FN7O5/c1-27(25(38)29-11-4-14-34(2)3)16-39-24(40-17-27)23-32-15-21(35(23)19-7-5-18(28)6-8-19)20-9-12-30-26(33-20)31-13-10-22(36)37/h5-9,12,15,24H,4,10-11,13-14,16-17H2,1-3H3,(H,29,38)(H,36,37)(H,30,31,33). The van der Waals surface area contributed by atoms with Crippen LogP contribution in [0, 0.1) is 11.2 Å². The van der Waals surface area contributed by atoms with E-state index in [4.69, 9.17) is 14.6 Å². The van der Waals surface area contributed by atoms with E-state index in [1.165, 1.54) is 12.1 Å². The summed E-state index contributed by atoms with van der Waals surface area (Å²) in [4.78, 5) is 39.0. The quantitative estimate of drug-likeness (QED) is 0.285. The largest absolute Gasteiger partial charge is 0.481 e. The van der Waals surface area contributed by atoms with Gasteiger partial charge >= 0.3 is 5.97 Å². The second kappa shape index (κ2) is 12.9. The van der Waals surface area contributed by atoms with Crippen molar-refractivity contribution in [3.8, 4) is 17.1 Å². The molecule has 1 aromatic carbocycles. The zero-order valence-corrected chi connectivity index (χ0v) is 22.8. The van der Waals surface area contributed by atoms with Crippen molar-refractivity contribution in [3.63, 3.8) is 0 Å². The zero-order chi connectivity index (χ0) is 28.7. The van der Waals surface area contributed by atoms with E-state index in [2.05, 4.69) is 30.5 Å². The summed E-state index contributed by atoms with van der Waals surface area (Å²) in [7, 11) is 3.96. The van der Waals surface area contributed by atoms with Crippen LogP contribution in [-0.4, -0.2) is 88.3 Å². The molecule has 1 saturated heterocycles. The van der Waals surface area contributed by atoms with Crippen molar-refractivity contribution in [1.82, 2.24) is 29.7 Å². The number of nitrogens with zero attached hydrogens (tertiary/aromatic N) is 5. The van der Waals surface area contributed by atoms with Crippen molar-refractivity contribution in [1.29, 1.82) is 0 Å². The molecule has 1 fully saturated rings. The van der Waals surface area contributed by atoms with E-state index in [1.807, 2.05) is 14.1 Å². The lowest BCUT2D eigenvalue weighted by Gasteiger charge is -2.36. The number of carboxylic acid groups (broad SMARTS) is 1. The Morgan fingerprint density at radius 3 is 2.55 bits per heavy atom. The average molecular weight is 556 g/mol. The molecule has 1 aliphatic rings. The summed E-state index contributed by atoms with van der Waals surface area (Å²) in [5.74, 6) is -0.820. The number of hydrogen-bond acceptors (Lipinski definition) is 9. The maximum atomic E-state index is 13.8. The number of nitrogens with one attached hydrogen (secondary N) is 2. The Labute approximate surface area is 231 Å². The van der Waals surface area contributed by atoms with Gasteiger partial charge in [-0.3, -0.25) is 14.2 Å². The molecule has 13 heteroatoms. The Hall–Kier alpha value is -3.94. The van der Waals surface area contributed by atoms with Crippen LogP contribution in [0.1, 0.15) is 31.9 Å². The van der Waals surface area contributed by atoms with Gasteiger partial charge in [0.15, 0.2) is 5.82 Å². The molecule has 214 valence electrons. The normalized spacial score (nSPS) is 19.0. The summed E-state index contributed by atoms with van der Waals surface area (Å²) >= 11 is 0. The zero-order valence-electron chi connectivity index (χ0n) is 22.8. The van der Waals surface area contributed by atoms with Crippen LogP contribution in [0.2, 0.25) is 0 Å². The number of amides is 1. The molecular weight excluding hydrogens is 521 g/mol. The molecule has 3 aromatic rings. The monoisotopic (exact) mass is 555 g/mol. The molecule has 0 unspecified atom stereocenters. The molecule has 40 heavy (non-hydrogen) atoms. The van der Waals surface area contributed by atoms with Gasteiger partial charge in [-0.05, 0) is 64.3 Å². The lowest BCUT2D eigenvalue weighted by molar-refractivity contribution is -0.231. The van der Waals surface area contributed by atoms with E-state index < -0.39 is 23.5 Å². The molecular formula is C27H34FN7O5. The summed E-state index contributed by atoms with van der Waals surface area (Å²) in [5, 5.41) is 14.8. The first kappa shape index (κ1) is 29.1. The van der Waals surface area contributed by atoms with E-state index in [9.17, 15) is 14.0 Å². The molecule has 0 spiro atoms. The number of carbonyl (C=O) groups excluding carboxylic acids is 1. The Bertz CT molecular complexity index is 1310. The van der Waals surface area contributed by atoms with Crippen LogP contribution in [0.4, 0.5) is 10.3 Å². The Morgan fingerprint density at radius 2 is 1.88 bits per heavy atom. The fourth-order valence-corrected chi connectivity index (χ4v) is 4.14. The molecule has 0 aliphatic carbocycles. The van der Waals surface area contributed by atoms with E-state index in [0.29, 0.717) is 29.4 Å². The number of imidazole rings is 1. The fraction of sp³-hybridized carbons (Fsp3) is 0.444. The molecule has 3 N–H and O–H groups in total. The van der Waals surface area contributed by atoms with Crippen molar-refractivity contribution in [2.75, 3.05) is 52.3 Å². The highest BCUT2D eigenvalue weighted by Crippen LogP contribution is 2.34. The van der Waals surface area contributed by atoms with Crippen molar-refractivity contribution in [3.05, 3.63) is 54.4 Å². The lowest BCUT2D eigenvalue weighted by Crippen LogP contribution is -2.49. The predicted octanol–water partition coefficient (Wildman–Crippen LogP) is 2.47. The van der Waals surface area contributed by atoms with E-state index in [-0.39, 0.29) is 38.0 Å². The molecule has 2 aromatic heterocycles. The number of ether oxygens (including phenoxy) is 2. The minimum atomic E-state index is -0.937. The van der Waals surface area contributed by atoms with E-state index in [1.54, 1.807) is 42.1 Å². The number of aromatic nitrogens is 4. The van der Waals surface area contributed by atoms with Crippen LogP contribution < -0.4 is 10.6 Å². The molecule has 1 amide bonds. The predicted molar refractivity (Wildman–Crippen MR) is 144 cm³/mol. The Morgan fingerprint density at radius 1 is 1.15 bits per heavy atom. The van der Waals surface area contributed by atoms with Crippen LogP contribution in [0.3, 0.4) is 0 Å². The van der Waals surface area contributed by atoms with Gasteiger partial charge in [-0.1, -0.05) is 0 Å². The first-order valence-corrected chi connectivity index (χ1v) is 13.0. The smallest absolute Gasteiger partial charge is 0.305 e. The number of benzene rings is 1. The SMILES string of the molecule is CN(C)CCCNC(=O)C1(C)COC(c2ncc(-c3ccnc(NCCC(=O)O)n3)n2-c2ccc(F)cc2)OC1. The summed E-state index contributed by atoms with van der Waals surface area (Å²) in [6.07, 6.45) is 3.00. The highest BCUT2D eigenvalue weighted by atomic mass is 19.1. The highest BCUT2D eigenvalue weighted by molar-refractivity contribution is 5.82. The van der Waals surface area contributed by atoms with Gasteiger partial charge < -0.3 is 30.1 Å². The summed E-state index contributed by atoms with van der Waals surface area (Å²) in [6.45, 7) is 3.62. The third-order valence-corrected chi connectivity index (χ3v) is 6.35. The van der Waals surface area contributed by atoms with Crippen LogP contribution in [-0.2, 0) is 19.1 Å². The molecule has 3 heterocycles. The van der Waals surface area contributed by atoms with Crippen LogP contribution >= 0.6 is 0 Å². The number of aliphatic carboxylic acids is 1. The highest BCUT2D eigenvalue weighted by Gasteiger charge is 2.41. The number of carbonyl (C=O) groups is 2. The second-order valence-corrected chi connectivity index (χ2v) is 10.1. The third-order valence-electron chi connectivity index (χ3n) is 6.35. The van der Waals surface area contributed by atoms with Gasteiger partial charge in [-0.25, -0.2) is 19.3 Å². The summed E-state index contributed by atoms with van der Waals surface area (Å²) in [6, 6.07) is 7.56. The number of anilines is 1. The molecule has 0 atom stereocenters. The van der Waals surface area contributed by atoms with Crippen LogP contribution in [0.25, 0.3) is 17.1 Å². The Balaban J connectivity index is 1.55. The van der Waals surface area contributed by atoms with Gasteiger partial charge in [0.25, 0.3) is 0 Å². The minimum absolute atomic E-state index is 0.0887. The van der Waals surface area contributed by atoms with Crippen molar-refractivity contribution < 1.29 is 28.6 Å². The molecule has 12 nitrogen and oxygen atoms in total. The van der Waals surface area contributed by atoms with Gasteiger partial charge in [0.05, 0.1) is 42.6 Å². The van der Waals surface area contributed by atoms with Crippen LogP contribution in [0.15, 0.2) is 42.7 Å². The molecule has 4 rings (SSSR count). The van der Waals surface area contributed by atoms with Crippen molar-refractivity contribution >= 4 is 17.8 Å². The maximum Gasteiger partial charge on any atom is 0.305 e. The molecule has 0 radical (unpaired) electrons. The summed E-state index contributed by atoms with van der Waals surface area (Å²) < 4.78 is 27.6. The van der Waals surface area contributed by atoms with Crippen molar-refractivity contribution in [2.45, 2.75) is 26.1 Å². The summed E-state index contributed by atoms with van der Waals surface area (Å²) in [5.41, 5.74) is 0.786. The first-order chi connectivity index (χ1) is 19.2. The minimum Gasteiger partial charge on any atom is -0.481 e. The number of hydrogen-bond donors (Lipinski definition) is 3. The molecule has 0 saturated carbocycles. The van der Waals surface area contributed by atoms with Gasteiger partial charge in [0, 0.05) is 25.0 Å². The fourth-order valence-electron chi connectivity index (χ4n) is 4.14. The van der Waals surface area contributed by atoms with Gasteiger partial charge in [0.1, 0.15) is 5.82 Å². The van der Waals surface area contributed by atoms with Gasteiger partial charge in [0.2, 0.25) is 18.1 Å².